The molecule has 0 unspecified atom stereocenters. The summed E-state index contributed by atoms with van der Waals surface area (Å²) in [5, 5.41) is 21.2. The summed E-state index contributed by atoms with van der Waals surface area (Å²) in [6, 6.07) is -1.00. The smallest absolute Gasteiger partial charge is 0.239 e. The summed E-state index contributed by atoms with van der Waals surface area (Å²) >= 11 is 0. The Morgan fingerprint density at radius 1 is 1.35 bits per heavy atom. The van der Waals surface area contributed by atoms with E-state index in [2.05, 4.69) is 5.32 Å². The predicted octanol–water partition coefficient (Wildman–Crippen LogP) is 0.0393. The summed E-state index contributed by atoms with van der Waals surface area (Å²) in [6.07, 6.45) is 0.0307. The third-order valence-corrected chi connectivity index (χ3v) is 3.08. The second kappa shape index (κ2) is 6.93. The number of allylic oxidation sites excluding steroid dienone is 2. The van der Waals surface area contributed by atoms with Gasteiger partial charge in [0.05, 0.1) is 23.8 Å². The van der Waals surface area contributed by atoms with Gasteiger partial charge in [-0.3, -0.25) is 14.4 Å². The number of nitrogens with two attached hydrogens (primary N) is 1. The molecule has 0 aromatic rings. The minimum Gasteiger partial charge on any atom is -0.504 e. The minimum atomic E-state index is -1.00. The van der Waals surface area contributed by atoms with Crippen molar-refractivity contribution in [2.45, 2.75) is 45.4 Å². The maximum absolute atomic E-state index is 12.0. The second-order valence-electron chi connectivity index (χ2n) is 6.23. The van der Waals surface area contributed by atoms with Crippen molar-refractivity contribution >= 4 is 17.5 Å². The van der Waals surface area contributed by atoms with Gasteiger partial charge in [-0.05, 0) is 27.7 Å². The van der Waals surface area contributed by atoms with Gasteiger partial charge in [-0.1, -0.05) is 0 Å². The maximum atomic E-state index is 12.0. The number of ketones is 2. The van der Waals surface area contributed by atoms with Gasteiger partial charge in [0.15, 0.2) is 11.5 Å². The first-order valence-electron chi connectivity index (χ1n) is 7.07. The van der Waals surface area contributed by atoms with Crippen molar-refractivity contribution in [3.63, 3.8) is 0 Å². The summed E-state index contributed by atoms with van der Waals surface area (Å²) in [6.45, 7) is 6.66. The Labute approximate surface area is 134 Å². The van der Waals surface area contributed by atoms with Gasteiger partial charge in [0, 0.05) is 6.08 Å². The molecule has 0 fully saturated rings. The number of Topliss-reactive ketones (excluding diaryl/α,β-unsaturated/α-hetero) is 1. The van der Waals surface area contributed by atoms with Gasteiger partial charge in [0.1, 0.15) is 6.04 Å². The van der Waals surface area contributed by atoms with E-state index in [4.69, 9.17) is 10.5 Å². The van der Waals surface area contributed by atoms with Crippen molar-refractivity contribution in [2.24, 2.45) is 5.73 Å². The Hall–Kier alpha value is -2.19. The number of nitrogens with one attached hydrogen (secondary N) is 1. The molecule has 0 aromatic heterocycles. The fourth-order valence-electron chi connectivity index (χ4n) is 1.97. The molecule has 8 nitrogen and oxygen atoms in total. The van der Waals surface area contributed by atoms with E-state index in [-0.39, 0.29) is 5.57 Å². The SMILES string of the molecule is C[C@@H](OC(C)(C)C)[C@H](N)C(=O)NCC1=C(O)C(=O)C=C(O)C1=O. The number of ether oxygens (including phenoxy) is 1. The normalized spacial score (nSPS) is 18.6. The zero-order valence-corrected chi connectivity index (χ0v) is 13.5. The molecule has 5 N–H and O–H groups in total. The molecule has 2 atom stereocenters. The number of amides is 1. The number of carbonyl (C=O) groups is 3. The van der Waals surface area contributed by atoms with Crippen LogP contribution in [-0.2, 0) is 19.1 Å². The van der Waals surface area contributed by atoms with E-state index >= 15 is 0 Å². The highest BCUT2D eigenvalue weighted by atomic mass is 16.5. The minimum absolute atomic E-state index is 0.389. The van der Waals surface area contributed by atoms with E-state index in [1.165, 1.54) is 0 Å². The molecule has 0 aromatic carbocycles. The van der Waals surface area contributed by atoms with Gasteiger partial charge in [-0.2, -0.15) is 0 Å². The van der Waals surface area contributed by atoms with Crippen LogP contribution in [0.25, 0.3) is 0 Å². The molecule has 1 aliphatic carbocycles. The summed E-state index contributed by atoms with van der Waals surface area (Å²) in [7, 11) is 0. The van der Waals surface area contributed by atoms with Crippen LogP contribution in [-0.4, -0.2) is 52.0 Å². The van der Waals surface area contributed by atoms with E-state index < -0.39 is 53.3 Å². The molecule has 0 heterocycles. The average Bonchev–Trinajstić information content (AvgIpc) is 2.42. The van der Waals surface area contributed by atoms with Gasteiger partial charge < -0.3 is 26.0 Å². The monoisotopic (exact) mass is 326 g/mol. The number of hydrogen-bond donors (Lipinski definition) is 4. The van der Waals surface area contributed by atoms with E-state index in [0.717, 1.165) is 0 Å². The Kier molecular flexibility index (Phi) is 5.68. The molecule has 0 spiro atoms. The van der Waals surface area contributed by atoms with Crippen LogP contribution < -0.4 is 11.1 Å². The third-order valence-electron chi connectivity index (χ3n) is 3.08. The van der Waals surface area contributed by atoms with E-state index in [0.29, 0.717) is 6.08 Å². The van der Waals surface area contributed by atoms with Gasteiger partial charge >= 0.3 is 0 Å². The number of aliphatic hydroxyl groups is 2. The summed E-state index contributed by atoms with van der Waals surface area (Å²) < 4.78 is 5.57. The van der Waals surface area contributed by atoms with Gasteiger partial charge in [-0.25, -0.2) is 0 Å². The first-order chi connectivity index (χ1) is 10.4. The Bertz CT molecular complexity index is 585. The molecule has 8 heteroatoms. The molecule has 1 aliphatic rings. The lowest BCUT2D eigenvalue weighted by Gasteiger charge is -2.28. The maximum Gasteiger partial charge on any atom is 0.239 e. The molecule has 0 bridgehead atoms. The van der Waals surface area contributed by atoms with Crippen LogP contribution in [0.4, 0.5) is 0 Å². The van der Waals surface area contributed by atoms with Crippen molar-refractivity contribution in [3.8, 4) is 0 Å². The van der Waals surface area contributed by atoms with Crippen LogP contribution in [0.2, 0.25) is 0 Å². The molecule has 0 radical (unpaired) electrons. The van der Waals surface area contributed by atoms with Gasteiger partial charge in [0.25, 0.3) is 0 Å². The zero-order chi connectivity index (χ0) is 17.9. The van der Waals surface area contributed by atoms with Crippen molar-refractivity contribution in [1.82, 2.24) is 5.32 Å². The van der Waals surface area contributed by atoms with Crippen LogP contribution in [0.15, 0.2) is 23.2 Å². The van der Waals surface area contributed by atoms with Gasteiger partial charge in [0.2, 0.25) is 17.5 Å². The molecule has 128 valence electrons. The highest BCUT2D eigenvalue weighted by Crippen LogP contribution is 2.16. The molecular formula is C15H22N2O6. The van der Waals surface area contributed by atoms with Crippen LogP contribution in [0, 0.1) is 0 Å². The topological polar surface area (TPSA) is 139 Å². The zero-order valence-electron chi connectivity index (χ0n) is 13.5. The Balaban J connectivity index is 2.71. The van der Waals surface area contributed by atoms with Gasteiger partial charge in [-0.15, -0.1) is 0 Å². The molecule has 0 saturated carbocycles. The summed E-state index contributed by atoms with van der Waals surface area (Å²) in [5.41, 5.74) is 4.90. The highest BCUT2D eigenvalue weighted by molar-refractivity contribution is 6.21. The summed E-state index contributed by atoms with van der Waals surface area (Å²) in [5.74, 6) is -4.03. The lowest BCUT2D eigenvalue weighted by atomic mass is 10.00. The molecular weight excluding hydrogens is 304 g/mol. The highest BCUT2D eigenvalue weighted by Gasteiger charge is 2.30. The lowest BCUT2D eigenvalue weighted by molar-refractivity contribution is -0.129. The fourth-order valence-corrected chi connectivity index (χ4v) is 1.97. The van der Waals surface area contributed by atoms with Crippen molar-refractivity contribution < 1.29 is 29.3 Å². The molecule has 0 aliphatic heterocycles. The first-order valence-corrected chi connectivity index (χ1v) is 7.07. The van der Waals surface area contributed by atoms with Crippen molar-refractivity contribution in [3.05, 3.63) is 23.2 Å². The Morgan fingerprint density at radius 3 is 2.43 bits per heavy atom. The Morgan fingerprint density at radius 2 is 1.91 bits per heavy atom. The van der Waals surface area contributed by atoms with E-state index in [1.807, 2.05) is 20.8 Å². The van der Waals surface area contributed by atoms with Crippen LogP contribution in [0.3, 0.4) is 0 Å². The van der Waals surface area contributed by atoms with Crippen LogP contribution in [0.5, 0.6) is 0 Å². The third kappa shape index (κ3) is 4.90. The molecule has 1 rings (SSSR count). The lowest BCUT2D eigenvalue weighted by Crippen LogP contribution is -2.50. The average molecular weight is 326 g/mol. The van der Waals surface area contributed by atoms with Crippen LogP contribution in [0.1, 0.15) is 27.7 Å². The van der Waals surface area contributed by atoms with E-state index in [9.17, 15) is 24.6 Å². The number of hydrogen-bond acceptors (Lipinski definition) is 7. The molecule has 0 saturated heterocycles. The molecule has 23 heavy (non-hydrogen) atoms. The standard InChI is InChI=1S/C15H22N2O6/c1-7(23-15(2,3)4)11(16)14(22)17-6-8-12(20)9(18)5-10(19)13(8)21/h5,7,11,18,21H,6,16H2,1-4H3,(H,17,22)/t7-,11+/m1/s1. The van der Waals surface area contributed by atoms with E-state index in [1.54, 1.807) is 6.92 Å². The number of rotatable bonds is 5. The summed E-state index contributed by atoms with van der Waals surface area (Å²) in [4.78, 5) is 35.0. The predicted molar refractivity (Wildman–Crippen MR) is 81.7 cm³/mol. The first kappa shape index (κ1) is 18.9. The quantitative estimate of drug-likeness (QED) is 0.523. The molecule has 1 amide bonds. The number of aliphatic hydroxyl groups excluding tert-OH is 2. The largest absolute Gasteiger partial charge is 0.504 e. The van der Waals surface area contributed by atoms with Crippen molar-refractivity contribution in [2.75, 3.05) is 6.54 Å². The van der Waals surface area contributed by atoms with Crippen molar-refractivity contribution in [1.29, 1.82) is 0 Å². The fraction of sp³-hybridized carbons (Fsp3) is 0.533. The second-order valence-corrected chi connectivity index (χ2v) is 6.23. The van der Waals surface area contributed by atoms with Crippen LogP contribution >= 0.6 is 0 Å². The number of carbonyl (C=O) groups excluding carboxylic acids is 3.